The Morgan fingerprint density at radius 2 is 2.00 bits per heavy atom. The minimum Gasteiger partial charge on any atom is -0.317 e. The summed E-state index contributed by atoms with van der Waals surface area (Å²) >= 11 is 0. The van der Waals surface area contributed by atoms with Gasteiger partial charge in [-0.05, 0) is 75.1 Å². The molecule has 2 nitrogen and oxygen atoms in total. The van der Waals surface area contributed by atoms with E-state index in [1.807, 2.05) is 6.07 Å². The van der Waals surface area contributed by atoms with Gasteiger partial charge in [-0.3, -0.25) is 4.90 Å². The highest BCUT2D eigenvalue weighted by Gasteiger charge is 2.19. The molecule has 0 radical (unpaired) electrons. The SMILES string of the molecule is CCNCC1CCN(Cc2cc(F)ccc2C)CC1.Cl. The van der Waals surface area contributed by atoms with E-state index in [0.29, 0.717) is 0 Å². The fraction of sp³-hybridized carbons (Fsp3) is 0.625. The molecule has 1 heterocycles. The van der Waals surface area contributed by atoms with Crippen molar-refractivity contribution in [2.45, 2.75) is 33.2 Å². The molecule has 0 saturated carbocycles. The highest BCUT2D eigenvalue weighted by molar-refractivity contribution is 5.85. The Kier molecular flexibility index (Phi) is 7.49. The molecule has 114 valence electrons. The third-order valence-electron chi connectivity index (χ3n) is 4.10. The van der Waals surface area contributed by atoms with E-state index in [2.05, 4.69) is 24.1 Å². The second-order valence-electron chi connectivity index (χ2n) is 5.60. The summed E-state index contributed by atoms with van der Waals surface area (Å²) in [5.74, 6) is 0.687. The van der Waals surface area contributed by atoms with Crippen molar-refractivity contribution in [3.8, 4) is 0 Å². The molecule has 1 aromatic rings. The van der Waals surface area contributed by atoms with Crippen LogP contribution in [0.15, 0.2) is 18.2 Å². The quantitative estimate of drug-likeness (QED) is 0.897. The average Bonchev–Trinajstić information content (AvgIpc) is 2.42. The van der Waals surface area contributed by atoms with Crippen molar-refractivity contribution in [3.05, 3.63) is 35.1 Å². The molecule has 2 rings (SSSR count). The van der Waals surface area contributed by atoms with E-state index in [0.717, 1.165) is 44.2 Å². The first kappa shape index (κ1) is 17.4. The predicted octanol–water partition coefficient (Wildman–Crippen LogP) is 3.38. The average molecular weight is 301 g/mol. The minimum atomic E-state index is -0.123. The Balaban J connectivity index is 0.00000200. The van der Waals surface area contributed by atoms with Crippen LogP contribution in [0.1, 0.15) is 30.9 Å². The summed E-state index contributed by atoms with van der Waals surface area (Å²) in [6.45, 7) is 9.57. The standard InChI is InChI=1S/C16H25FN2.ClH/c1-3-18-11-14-6-8-19(9-7-14)12-15-10-16(17)5-4-13(15)2;/h4-5,10,14,18H,3,6-9,11-12H2,1-2H3;1H. The zero-order valence-electron chi connectivity index (χ0n) is 12.5. The Morgan fingerprint density at radius 3 is 2.65 bits per heavy atom. The lowest BCUT2D eigenvalue weighted by atomic mass is 9.96. The number of aryl methyl sites for hydroxylation is 1. The van der Waals surface area contributed by atoms with Gasteiger partial charge in [0.1, 0.15) is 5.82 Å². The van der Waals surface area contributed by atoms with Crippen LogP contribution in [0, 0.1) is 18.7 Å². The lowest BCUT2D eigenvalue weighted by Gasteiger charge is -2.32. The van der Waals surface area contributed by atoms with Crippen LogP contribution in [0.5, 0.6) is 0 Å². The summed E-state index contributed by atoms with van der Waals surface area (Å²) < 4.78 is 13.3. The van der Waals surface area contributed by atoms with Crippen LogP contribution in [0.2, 0.25) is 0 Å². The van der Waals surface area contributed by atoms with E-state index in [9.17, 15) is 4.39 Å². The van der Waals surface area contributed by atoms with Crippen LogP contribution in [0.3, 0.4) is 0 Å². The van der Waals surface area contributed by atoms with Crippen LogP contribution in [0.4, 0.5) is 4.39 Å². The molecule has 0 aromatic heterocycles. The number of hydrogen-bond acceptors (Lipinski definition) is 2. The highest BCUT2D eigenvalue weighted by atomic mass is 35.5. The predicted molar refractivity (Wildman–Crippen MR) is 84.9 cm³/mol. The molecule has 0 aliphatic carbocycles. The van der Waals surface area contributed by atoms with Gasteiger partial charge < -0.3 is 5.32 Å². The summed E-state index contributed by atoms with van der Waals surface area (Å²) in [6.07, 6.45) is 2.50. The summed E-state index contributed by atoms with van der Waals surface area (Å²) in [4.78, 5) is 2.45. The third kappa shape index (κ3) is 5.04. The molecule has 0 spiro atoms. The van der Waals surface area contributed by atoms with Crippen molar-refractivity contribution in [1.82, 2.24) is 10.2 Å². The van der Waals surface area contributed by atoms with Crippen LogP contribution in [-0.4, -0.2) is 31.1 Å². The van der Waals surface area contributed by atoms with Gasteiger partial charge in [0.25, 0.3) is 0 Å². The molecular weight excluding hydrogens is 275 g/mol. The van der Waals surface area contributed by atoms with Gasteiger partial charge in [-0.15, -0.1) is 12.4 Å². The van der Waals surface area contributed by atoms with Gasteiger partial charge in [0.05, 0.1) is 0 Å². The maximum absolute atomic E-state index is 13.3. The number of halogens is 2. The minimum absolute atomic E-state index is 0. The van der Waals surface area contributed by atoms with Crippen LogP contribution < -0.4 is 5.32 Å². The Morgan fingerprint density at radius 1 is 1.30 bits per heavy atom. The van der Waals surface area contributed by atoms with Crippen molar-refractivity contribution in [2.24, 2.45) is 5.92 Å². The molecule has 1 fully saturated rings. The molecule has 1 aromatic carbocycles. The molecule has 1 aliphatic heterocycles. The molecule has 1 saturated heterocycles. The second kappa shape index (κ2) is 8.60. The number of rotatable bonds is 5. The van der Waals surface area contributed by atoms with Crippen LogP contribution >= 0.6 is 12.4 Å². The summed E-state index contributed by atoms with van der Waals surface area (Å²) in [7, 11) is 0. The van der Waals surface area contributed by atoms with Crippen LogP contribution in [0.25, 0.3) is 0 Å². The molecular formula is C16H26ClFN2. The third-order valence-corrected chi connectivity index (χ3v) is 4.10. The normalized spacial score (nSPS) is 16.9. The molecule has 20 heavy (non-hydrogen) atoms. The van der Waals surface area contributed by atoms with E-state index in [1.54, 1.807) is 12.1 Å². The second-order valence-corrected chi connectivity index (χ2v) is 5.60. The lowest BCUT2D eigenvalue weighted by molar-refractivity contribution is 0.175. The maximum Gasteiger partial charge on any atom is 0.123 e. The molecule has 0 unspecified atom stereocenters. The molecule has 0 atom stereocenters. The zero-order chi connectivity index (χ0) is 13.7. The van der Waals surface area contributed by atoms with Gasteiger partial charge >= 0.3 is 0 Å². The van der Waals surface area contributed by atoms with E-state index < -0.39 is 0 Å². The molecule has 0 amide bonds. The highest BCUT2D eigenvalue weighted by Crippen LogP contribution is 2.20. The van der Waals surface area contributed by atoms with E-state index in [-0.39, 0.29) is 18.2 Å². The number of nitrogens with zero attached hydrogens (tertiary/aromatic N) is 1. The van der Waals surface area contributed by atoms with Crippen molar-refractivity contribution >= 4 is 12.4 Å². The van der Waals surface area contributed by atoms with Crippen molar-refractivity contribution in [3.63, 3.8) is 0 Å². The molecule has 1 N–H and O–H groups in total. The topological polar surface area (TPSA) is 15.3 Å². The first-order valence-corrected chi connectivity index (χ1v) is 7.37. The Hall–Kier alpha value is -0.640. The van der Waals surface area contributed by atoms with Gasteiger partial charge in [0.2, 0.25) is 0 Å². The first-order valence-electron chi connectivity index (χ1n) is 7.37. The van der Waals surface area contributed by atoms with E-state index >= 15 is 0 Å². The fourth-order valence-corrected chi connectivity index (χ4v) is 2.75. The van der Waals surface area contributed by atoms with Gasteiger partial charge in [0.15, 0.2) is 0 Å². The molecule has 4 heteroatoms. The zero-order valence-corrected chi connectivity index (χ0v) is 13.3. The number of likely N-dealkylation sites (tertiary alicyclic amines) is 1. The monoisotopic (exact) mass is 300 g/mol. The number of piperidine rings is 1. The van der Waals surface area contributed by atoms with E-state index in [1.165, 1.54) is 18.4 Å². The Bertz CT molecular complexity index is 403. The number of hydrogen-bond donors (Lipinski definition) is 1. The fourth-order valence-electron chi connectivity index (χ4n) is 2.75. The summed E-state index contributed by atoms with van der Waals surface area (Å²) in [5.41, 5.74) is 2.32. The summed E-state index contributed by atoms with van der Waals surface area (Å²) in [6, 6.07) is 5.10. The number of nitrogens with one attached hydrogen (secondary N) is 1. The molecule has 1 aliphatic rings. The largest absolute Gasteiger partial charge is 0.317 e. The van der Waals surface area contributed by atoms with Gasteiger partial charge in [0, 0.05) is 6.54 Å². The maximum atomic E-state index is 13.3. The van der Waals surface area contributed by atoms with E-state index in [4.69, 9.17) is 0 Å². The molecule has 0 bridgehead atoms. The van der Waals surface area contributed by atoms with Crippen molar-refractivity contribution in [2.75, 3.05) is 26.2 Å². The van der Waals surface area contributed by atoms with Crippen molar-refractivity contribution < 1.29 is 4.39 Å². The van der Waals surface area contributed by atoms with Gasteiger partial charge in [-0.1, -0.05) is 13.0 Å². The summed E-state index contributed by atoms with van der Waals surface area (Å²) in [5, 5.41) is 3.43. The smallest absolute Gasteiger partial charge is 0.123 e. The van der Waals surface area contributed by atoms with Crippen molar-refractivity contribution in [1.29, 1.82) is 0 Å². The first-order chi connectivity index (χ1) is 9.19. The van der Waals surface area contributed by atoms with Crippen LogP contribution in [-0.2, 0) is 6.54 Å². The van der Waals surface area contributed by atoms with Gasteiger partial charge in [-0.2, -0.15) is 0 Å². The van der Waals surface area contributed by atoms with Gasteiger partial charge in [-0.25, -0.2) is 4.39 Å². The lowest BCUT2D eigenvalue weighted by Crippen LogP contribution is -2.37. The Labute approximate surface area is 128 Å². The number of benzene rings is 1.